The molecule has 0 amide bonds. The smallest absolute Gasteiger partial charge is 0.183 e. The maximum Gasteiger partial charge on any atom is 0.183 e. The lowest BCUT2D eigenvalue weighted by atomic mass is 10.1. The van der Waals surface area contributed by atoms with Gasteiger partial charge in [-0.3, -0.25) is 9.67 Å². The summed E-state index contributed by atoms with van der Waals surface area (Å²) in [5.74, 6) is 0.100. The lowest BCUT2D eigenvalue weighted by Crippen LogP contribution is -2.32. The van der Waals surface area contributed by atoms with E-state index in [0.29, 0.717) is 18.0 Å². The summed E-state index contributed by atoms with van der Waals surface area (Å²) < 4.78 is 22.7. The molecule has 31 heavy (non-hydrogen) atoms. The van der Waals surface area contributed by atoms with Gasteiger partial charge in [0.1, 0.15) is 29.8 Å². The third kappa shape index (κ3) is 3.68. The summed E-state index contributed by atoms with van der Waals surface area (Å²) in [7, 11) is 5.98. The Morgan fingerprint density at radius 1 is 1.29 bits per heavy atom. The molecular weight excluding hydrogens is 398 g/mol. The van der Waals surface area contributed by atoms with Crippen LogP contribution < -0.4 is 4.74 Å². The lowest BCUT2D eigenvalue weighted by molar-refractivity contribution is 0.105. The van der Waals surface area contributed by atoms with Gasteiger partial charge in [0.05, 0.1) is 36.0 Å². The van der Waals surface area contributed by atoms with E-state index < -0.39 is 11.9 Å². The number of fused-ring (bicyclic) bond motifs is 2. The van der Waals surface area contributed by atoms with Gasteiger partial charge in [-0.2, -0.15) is 10.2 Å². The predicted octanol–water partition coefficient (Wildman–Crippen LogP) is 2.05. The van der Waals surface area contributed by atoms with Gasteiger partial charge in [-0.25, -0.2) is 8.91 Å². The predicted molar refractivity (Wildman–Crippen MR) is 112 cm³/mol. The monoisotopic (exact) mass is 418 g/mol. The summed E-state index contributed by atoms with van der Waals surface area (Å²) in [6.07, 6.45) is 3.66. The van der Waals surface area contributed by atoms with E-state index in [2.05, 4.69) is 10.1 Å². The van der Waals surface area contributed by atoms with Crippen molar-refractivity contribution in [3.63, 3.8) is 0 Å². The summed E-state index contributed by atoms with van der Waals surface area (Å²) in [4.78, 5) is 5.69. The fourth-order valence-corrected chi connectivity index (χ4v) is 3.82. The van der Waals surface area contributed by atoms with Crippen LogP contribution in [-0.2, 0) is 13.1 Å². The summed E-state index contributed by atoms with van der Waals surface area (Å²) in [6.45, 7) is 4.12. The van der Waals surface area contributed by atoms with Crippen molar-refractivity contribution in [3.05, 3.63) is 65.6 Å². The minimum absolute atomic E-state index is 0.0380. The Kier molecular flexibility index (Phi) is 4.95. The van der Waals surface area contributed by atoms with Gasteiger partial charge in [-0.1, -0.05) is 0 Å². The molecule has 1 unspecified atom stereocenters. The molecule has 0 bridgehead atoms. The van der Waals surface area contributed by atoms with E-state index >= 15 is 0 Å². The van der Waals surface area contributed by atoms with E-state index in [-0.39, 0.29) is 6.61 Å². The second-order valence-corrected chi connectivity index (χ2v) is 7.60. The number of halogens is 1. The number of rotatable bonds is 5. The van der Waals surface area contributed by atoms with Crippen LogP contribution in [0, 0.1) is 12.7 Å². The van der Waals surface area contributed by atoms with Gasteiger partial charge in [0, 0.05) is 24.8 Å². The molecule has 0 saturated heterocycles. The van der Waals surface area contributed by atoms with Crippen LogP contribution >= 0.6 is 0 Å². The van der Waals surface area contributed by atoms with Gasteiger partial charge in [0.2, 0.25) is 0 Å². The third-order valence-electron chi connectivity index (χ3n) is 5.50. The molecule has 0 fully saturated rings. The zero-order valence-corrected chi connectivity index (χ0v) is 16.9. The Hall–Kier alpha value is -3.24. The summed E-state index contributed by atoms with van der Waals surface area (Å²) in [6, 6.07) is 6.42. The molecule has 1 atom stereocenters. The van der Waals surface area contributed by atoms with Gasteiger partial charge in [-0.05, 0) is 36.8 Å². The average molecular weight is 418 g/mol. The zero-order chi connectivity index (χ0) is 21.5. The minimum atomic E-state index is -0.996. The minimum Gasteiger partial charge on any atom is -0.488 e. The van der Waals surface area contributed by atoms with Crippen LogP contribution in [0.4, 0.5) is 4.39 Å². The quantitative estimate of drug-likeness (QED) is 0.500. The number of pyridine rings is 2. The largest absolute Gasteiger partial charge is 0.488 e. The molecule has 8 nitrogen and oxygen atoms in total. The number of hydrogen-bond donors (Lipinski definition) is 1. The number of aliphatic hydroxyl groups is 1. The second kappa shape index (κ2) is 7.79. The van der Waals surface area contributed by atoms with Crippen LogP contribution in [0.3, 0.4) is 0 Å². The topological polar surface area (TPSA) is 80.7 Å². The Labute approximate surface area is 179 Å². The standard InChI is InChI=1S/C21H20BFN6O2/c1-13-18-11-27(22)6-7-28(18)26-21(13)14-8-20(17-4-5-25-29(17)10-14)31-12-19(30)16-3-2-15(23)9-24-16/h2-5,8-10,19,30H,6-7,11-12H2,1H3. The molecule has 4 aromatic heterocycles. The van der Waals surface area contributed by atoms with E-state index in [1.165, 1.54) is 12.1 Å². The Bertz CT molecular complexity index is 1240. The van der Waals surface area contributed by atoms with Crippen molar-refractivity contribution in [2.75, 3.05) is 13.2 Å². The van der Waals surface area contributed by atoms with Crippen LogP contribution in [-0.4, -0.2) is 55.4 Å². The average Bonchev–Trinajstić information content (AvgIpc) is 3.37. The molecule has 0 spiro atoms. The molecule has 0 aliphatic carbocycles. The van der Waals surface area contributed by atoms with E-state index in [4.69, 9.17) is 17.8 Å². The fraction of sp³-hybridized carbons (Fsp3) is 0.286. The van der Waals surface area contributed by atoms with Crippen LogP contribution in [0.5, 0.6) is 5.75 Å². The normalized spacial score (nSPS) is 15.2. The molecule has 0 saturated carbocycles. The summed E-state index contributed by atoms with van der Waals surface area (Å²) >= 11 is 0. The molecule has 0 aromatic carbocycles. The van der Waals surface area contributed by atoms with Gasteiger partial charge in [-0.15, -0.1) is 0 Å². The second-order valence-electron chi connectivity index (χ2n) is 7.60. The number of aliphatic hydroxyl groups excluding tert-OH is 1. The maximum atomic E-state index is 13.1. The Morgan fingerprint density at radius 3 is 2.97 bits per heavy atom. The molecule has 2 radical (unpaired) electrons. The molecule has 1 aliphatic heterocycles. The Balaban J connectivity index is 1.46. The van der Waals surface area contributed by atoms with Gasteiger partial charge >= 0.3 is 0 Å². The molecule has 4 aromatic rings. The van der Waals surface area contributed by atoms with Crippen molar-refractivity contribution < 1.29 is 14.2 Å². The first kappa shape index (κ1) is 19.7. The Morgan fingerprint density at radius 2 is 2.16 bits per heavy atom. The molecule has 5 rings (SSSR count). The number of ether oxygens (including phenoxy) is 1. The van der Waals surface area contributed by atoms with Crippen molar-refractivity contribution in [2.24, 2.45) is 0 Å². The van der Waals surface area contributed by atoms with Crippen LogP contribution in [0.25, 0.3) is 16.8 Å². The molecule has 1 aliphatic rings. The van der Waals surface area contributed by atoms with E-state index in [9.17, 15) is 9.50 Å². The highest BCUT2D eigenvalue weighted by Gasteiger charge is 2.22. The molecule has 156 valence electrons. The first-order valence-electron chi connectivity index (χ1n) is 9.95. The SMILES string of the molecule is [B]N1CCn2nc(-c3cc(OCC(O)c4ccc(F)cn4)c4ccnn4c3)c(C)c2C1. The first-order chi connectivity index (χ1) is 15.0. The summed E-state index contributed by atoms with van der Waals surface area (Å²) in [5.41, 5.74) is 4.94. The molecule has 10 heteroatoms. The number of hydrogen-bond acceptors (Lipinski definition) is 6. The van der Waals surface area contributed by atoms with Crippen molar-refractivity contribution in [3.8, 4) is 17.0 Å². The number of nitrogens with zero attached hydrogens (tertiary/aromatic N) is 6. The van der Waals surface area contributed by atoms with Crippen molar-refractivity contribution >= 4 is 13.5 Å². The van der Waals surface area contributed by atoms with Crippen molar-refractivity contribution in [1.29, 1.82) is 0 Å². The summed E-state index contributed by atoms with van der Waals surface area (Å²) in [5, 5.41) is 19.5. The van der Waals surface area contributed by atoms with Gasteiger partial charge in [0.25, 0.3) is 0 Å². The van der Waals surface area contributed by atoms with Gasteiger partial charge < -0.3 is 14.7 Å². The van der Waals surface area contributed by atoms with E-state index in [1.54, 1.807) is 15.5 Å². The van der Waals surface area contributed by atoms with E-state index in [1.807, 2.05) is 29.9 Å². The molecule has 1 N–H and O–H groups in total. The number of aromatic nitrogens is 5. The van der Waals surface area contributed by atoms with Crippen LogP contribution in [0.1, 0.15) is 23.1 Å². The first-order valence-corrected chi connectivity index (χ1v) is 9.95. The zero-order valence-electron chi connectivity index (χ0n) is 16.9. The maximum absolute atomic E-state index is 13.1. The van der Waals surface area contributed by atoms with Crippen molar-refractivity contribution in [1.82, 2.24) is 29.2 Å². The highest BCUT2D eigenvalue weighted by molar-refractivity contribution is 6.04. The van der Waals surface area contributed by atoms with E-state index in [0.717, 1.165) is 47.3 Å². The lowest BCUT2D eigenvalue weighted by Gasteiger charge is -2.24. The highest BCUT2D eigenvalue weighted by atomic mass is 19.1. The molecular formula is C21H20BFN6O2. The third-order valence-corrected chi connectivity index (χ3v) is 5.50. The van der Waals surface area contributed by atoms with Gasteiger partial charge in [0.15, 0.2) is 7.98 Å². The fourth-order valence-electron chi connectivity index (χ4n) is 3.82. The highest BCUT2D eigenvalue weighted by Crippen LogP contribution is 2.32. The molecule has 5 heterocycles. The van der Waals surface area contributed by atoms with Crippen LogP contribution in [0.2, 0.25) is 0 Å². The van der Waals surface area contributed by atoms with Crippen molar-refractivity contribution in [2.45, 2.75) is 26.1 Å². The van der Waals surface area contributed by atoms with Crippen LogP contribution in [0.15, 0.2) is 42.9 Å².